The molecule has 98 valence electrons. The zero-order chi connectivity index (χ0) is 13.8. The molecule has 2 aromatic rings. The summed E-state index contributed by atoms with van der Waals surface area (Å²) >= 11 is 1.38. The van der Waals surface area contributed by atoms with Gasteiger partial charge in [0.1, 0.15) is 5.75 Å². The van der Waals surface area contributed by atoms with Gasteiger partial charge in [-0.3, -0.25) is 15.5 Å². The number of thiazole rings is 1. The minimum absolute atomic E-state index is 0.0582. The zero-order valence-corrected chi connectivity index (χ0v) is 10.7. The average Bonchev–Trinajstić information content (AvgIpc) is 2.75. The lowest BCUT2D eigenvalue weighted by atomic mass is 10.2. The predicted octanol–water partition coefficient (Wildman–Crippen LogP) is 2.51. The van der Waals surface area contributed by atoms with Gasteiger partial charge < -0.3 is 5.11 Å². The van der Waals surface area contributed by atoms with Crippen LogP contribution in [-0.4, -0.2) is 21.2 Å². The number of benzene rings is 1. The smallest absolute Gasteiger partial charge is 0.278 e. The summed E-state index contributed by atoms with van der Waals surface area (Å²) in [6.45, 7) is 1.85. The number of anilines is 1. The molecule has 2 rings (SSSR count). The number of phenolic OH excluding ortho intramolecular Hbond substituents is 1. The summed E-state index contributed by atoms with van der Waals surface area (Å²) in [5.41, 5.74) is 3.63. The van der Waals surface area contributed by atoms with Crippen molar-refractivity contribution < 1.29 is 10.0 Å². The molecular weight excluding hydrogens is 268 g/mol. The summed E-state index contributed by atoms with van der Waals surface area (Å²) in [5, 5.41) is 26.4. The van der Waals surface area contributed by atoms with Crippen LogP contribution in [-0.2, 0) is 0 Å². The largest absolute Gasteiger partial charge is 0.508 e. The summed E-state index contributed by atoms with van der Waals surface area (Å²) < 4.78 is 0. The molecule has 1 aromatic heterocycles. The molecule has 1 aromatic carbocycles. The second kappa shape index (κ2) is 5.44. The van der Waals surface area contributed by atoms with E-state index in [4.69, 9.17) is 0 Å². The normalized spacial score (nSPS) is 10.8. The van der Waals surface area contributed by atoms with Crippen molar-refractivity contribution in [1.29, 1.82) is 0 Å². The first-order valence-electron chi connectivity index (χ1n) is 5.25. The number of hydrogen-bond acceptors (Lipinski definition) is 7. The minimum atomic E-state index is -0.533. The maximum absolute atomic E-state index is 10.8. The van der Waals surface area contributed by atoms with Crippen LogP contribution < -0.4 is 5.43 Å². The van der Waals surface area contributed by atoms with E-state index in [-0.39, 0.29) is 17.0 Å². The van der Waals surface area contributed by atoms with Crippen LogP contribution in [0.1, 0.15) is 11.3 Å². The molecule has 19 heavy (non-hydrogen) atoms. The first-order valence-corrected chi connectivity index (χ1v) is 6.13. The van der Waals surface area contributed by atoms with Gasteiger partial charge in [0.05, 0.1) is 22.4 Å². The fourth-order valence-electron chi connectivity index (χ4n) is 1.37. The van der Waals surface area contributed by atoms with Crippen LogP contribution >= 0.6 is 11.3 Å². The number of aromatic hydroxyl groups is 1. The van der Waals surface area contributed by atoms with E-state index in [1.165, 1.54) is 35.8 Å². The molecule has 1 heterocycles. The van der Waals surface area contributed by atoms with Crippen LogP contribution in [0.3, 0.4) is 0 Å². The van der Waals surface area contributed by atoms with E-state index in [9.17, 15) is 15.2 Å². The Labute approximate surface area is 112 Å². The second-order valence-corrected chi connectivity index (χ2v) is 4.52. The van der Waals surface area contributed by atoms with Gasteiger partial charge in [0.2, 0.25) is 5.13 Å². The number of aromatic nitrogens is 1. The lowest BCUT2D eigenvalue weighted by Crippen LogP contribution is -1.96. The van der Waals surface area contributed by atoms with Gasteiger partial charge in [-0.15, -0.1) is 11.3 Å². The highest BCUT2D eigenvalue weighted by Gasteiger charge is 2.12. The number of nitro groups is 1. The zero-order valence-electron chi connectivity index (χ0n) is 9.90. The van der Waals surface area contributed by atoms with Crippen LogP contribution in [0.4, 0.5) is 10.8 Å². The number of hydrazone groups is 1. The molecule has 0 bridgehead atoms. The lowest BCUT2D eigenvalue weighted by Gasteiger charge is -1.98. The number of phenols is 1. The topological polar surface area (TPSA) is 101 Å². The first-order chi connectivity index (χ1) is 9.06. The summed E-state index contributed by atoms with van der Waals surface area (Å²) in [5.74, 6) is -0.0582. The SMILES string of the molecule is Cc1csc(NN=Cc2cc(O)ccc2[N+](=O)[O-])n1. The highest BCUT2D eigenvalue weighted by molar-refractivity contribution is 7.13. The lowest BCUT2D eigenvalue weighted by molar-refractivity contribution is -0.385. The Kier molecular flexibility index (Phi) is 3.71. The Balaban J connectivity index is 2.18. The van der Waals surface area contributed by atoms with Gasteiger partial charge in [0.15, 0.2) is 0 Å². The van der Waals surface area contributed by atoms with Crippen LogP contribution in [0.25, 0.3) is 0 Å². The van der Waals surface area contributed by atoms with E-state index in [0.29, 0.717) is 5.13 Å². The van der Waals surface area contributed by atoms with Gasteiger partial charge in [-0.2, -0.15) is 5.10 Å². The molecule has 8 heteroatoms. The van der Waals surface area contributed by atoms with Crippen molar-refractivity contribution in [1.82, 2.24) is 4.98 Å². The number of hydrogen-bond donors (Lipinski definition) is 2. The van der Waals surface area contributed by atoms with E-state index >= 15 is 0 Å². The summed E-state index contributed by atoms with van der Waals surface area (Å²) in [6, 6.07) is 3.76. The van der Waals surface area contributed by atoms with Crippen molar-refractivity contribution in [2.45, 2.75) is 6.92 Å². The standard InChI is InChI=1S/C11H10N4O3S/c1-7-6-19-11(13-7)14-12-5-8-4-9(16)2-3-10(8)15(17)18/h2-6,16H,1H3,(H,13,14). The third-order valence-corrected chi connectivity index (χ3v) is 3.06. The van der Waals surface area contributed by atoms with Crippen molar-refractivity contribution >= 4 is 28.4 Å². The molecule has 0 saturated carbocycles. The Hall–Kier alpha value is -2.48. The molecule has 0 unspecified atom stereocenters. The molecule has 0 aliphatic carbocycles. The molecule has 0 radical (unpaired) electrons. The highest BCUT2D eigenvalue weighted by Crippen LogP contribution is 2.21. The number of rotatable bonds is 4. The van der Waals surface area contributed by atoms with E-state index in [0.717, 1.165) is 5.69 Å². The molecule has 0 aliphatic heterocycles. The third kappa shape index (κ3) is 3.26. The van der Waals surface area contributed by atoms with Crippen LogP contribution in [0.15, 0.2) is 28.7 Å². The molecule has 2 N–H and O–H groups in total. The Bertz CT molecular complexity index is 639. The minimum Gasteiger partial charge on any atom is -0.508 e. The quantitative estimate of drug-likeness (QED) is 0.508. The molecule has 0 atom stereocenters. The van der Waals surface area contributed by atoms with E-state index in [2.05, 4.69) is 15.5 Å². The first kappa shape index (κ1) is 13.0. The van der Waals surface area contributed by atoms with Crippen LogP contribution in [0.5, 0.6) is 5.75 Å². The summed E-state index contributed by atoms with van der Waals surface area (Å²) in [4.78, 5) is 14.4. The van der Waals surface area contributed by atoms with Gasteiger partial charge in [0, 0.05) is 11.4 Å². The molecular formula is C11H10N4O3S. The third-order valence-electron chi connectivity index (χ3n) is 2.19. The molecule has 7 nitrogen and oxygen atoms in total. The van der Waals surface area contributed by atoms with E-state index < -0.39 is 4.92 Å². The molecule has 0 fully saturated rings. The van der Waals surface area contributed by atoms with Crippen LogP contribution in [0, 0.1) is 17.0 Å². The monoisotopic (exact) mass is 278 g/mol. The molecule has 0 spiro atoms. The van der Waals surface area contributed by atoms with Gasteiger partial charge in [-0.05, 0) is 19.1 Å². The molecule has 0 aliphatic rings. The fourth-order valence-corrected chi connectivity index (χ4v) is 2.01. The van der Waals surface area contributed by atoms with Crippen molar-refractivity contribution in [3.8, 4) is 5.75 Å². The van der Waals surface area contributed by atoms with Crippen LogP contribution in [0.2, 0.25) is 0 Å². The van der Waals surface area contributed by atoms with Gasteiger partial charge in [-0.1, -0.05) is 0 Å². The number of nitro benzene ring substituents is 1. The van der Waals surface area contributed by atoms with Gasteiger partial charge >= 0.3 is 0 Å². The number of nitrogens with one attached hydrogen (secondary N) is 1. The molecule has 0 saturated heterocycles. The Morgan fingerprint density at radius 3 is 3.00 bits per heavy atom. The van der Waals surface area contributed by atoms with Crippen molar-refractivity contribution in [2.24, 2.45) is 5.10 Å². The number of nitrogens with zero attached hydrogens (tertiary/aromatic N) is 3. The fraction of sp³-hybridized carbons (Fsp3) is 0.0909. The highest BCUT2D eigenvalue weighted by atomic mass is 32.1. The maximum Gasteiger partial charge on any atom is 0.278 e. The van der Waals surface area contributed by atoms with Gasteiger partial charge in [-0.25, -0.2) is 4.98 Å². The van der Waals surface area contributed by atoms with Gasteiger partial charge in [0.25, 0.3) is 5.69 Å². The summed E-state index contributed by atoms with van der Waals surface area (Å²) in [6.07, 6.45) is 1.27. The van der Waals surface area contributed by atoms with Crippen molar-refractivity contribution in [2.75, 3.05) is 5.43 Å². The van der Waals surface area contributed by atoms with E-state index in [1.807, 2.05) is 12.3 Å². The van der Waals surface area contributed by atoms with Crippen molar-refractivity contribution in [3.63, 3.8) is 0 Å². The Morgan fingerprint density at radius 2 is 2.37 bits per heavy atom. The maximum atomic E-state index is 10.8. The number of aryl methyl sites for hydroxylation is 1. The van der Waals surface area contributed by atoms with Crippen molar-refractivity contribution in [3.05, 3.63) is 45.0 Å². The predicted molar refractivity (Wildman–Crippen MR) is 72.8 cm³/mol. The average molecular weight is 278 g/mol. The van der Waals surface area contributed by atoms with E-state index in [1.54, 1.807) is 0 Å². The Morgan fingerprint density at radius 1 is 1.58 bits per heavy atom. The molecule has 0 amide bonds. The summed E-state index contributed by atoms with van der Waals surface area (Å²) in [7, 11) is 0. The second-order valence-electron chi connectivity index (χ2n) is 3.66.